The molecule has 0 aliphatic heterocycles. The largest absolute Gasteiger partial charge is 0.314 e. The fraction of sp³-hybridized carbons (Fsp3) is 1.00. The Bertz CT molecular complexity index is 166. The minimum absolute atomic E-state index is 0.740. The van der Waals surface area contributed by atoms with Crippen LogP contribution in [0, 0.1) is 5.92 Å². The van der Waals surface area contributed by atoms with E-state index in [4.69, 9.17) is 0 Å². The molecule has 1 N–H and O–H groups in total. The first kappa shape index (κ1) is 14.0. The summed E-state index contributed by atoms with van der Waals surface area (Å²) >= 11 is 0. The SMILES string of the molecule is CCNC(CC)CCCN(CC)CC1CC1. The Morgan fingerprint density at radius 2 is 2.00 bits per heavy atom. The topological polar surface area (TPSA) is 15.3 Å². The number of rotatable bonds is 10. The average molecular weight is 226 g/mol. The van der Waals surface area contributed by atoms with Crippen LogP contribution in [0.4, 0.5) is 0 Å². The fourth-order valence-corrected chi connectivity index (χ4v) is 2.34. The summed E-state index contributed by atoms with van der Waals surface area (Å²) in [6.07, 6.45) is 6.91. The van der Waals surface area contributed by atoms with Crippen LogP contribution in [-0.2, 0) is 0 Å². The predicted molar refractivity (Wildman–Crippen MR) is 71.8 cm³/mol. The molecular formula is C14H30N2. The normalized spacial score (nSPS) is 18.0. The lowest BCUT2D eigenvalue weighted by atomic mass is 10.1. The van der Waals surface area contributed by atoms with Crippen molar-refractivity contribution in [2.45, 2.75) is 58.9 Å². The van der Waals surface area contributed by atoms with Crippen LogP contribution in [-0.4, -0.2) is 37.1 Å². The van der Waals surface area contributed by atoms with Gasteiger partial charge in [0.25, 0.3) is 0 Å². The number of hydrogen-bond donors (Lipinski definition) is 1. The highest BCUT2D eigenvalue weighted by atomic mass is 15.1. The van der Waals surface area contributed by atoms with Gasteiger partial charge in [-0.1, -0.05) is 20.8 Å². The van der Waals surface area contributed by atoms with Crippen molar-refractivity contribution >= 4 is 0 Å². The second-order valence-electron chi connectivity index (χ2n) is 5.14. The van der Waals surface area contributed by atoms with Crippen LogP contribution in [0.5, 0.6) is 0 Å². The van der Waals surface area contributed by atoms with E-state index in [-0.39, 0.29) is 0 Å². The van der Waals surface area contributed by atoms with E-state index in [0.717, 1.165) is 18.5 Å². The van der Waals surface area contributed by atoms with Gasteiger partial charge in [-0.25, -0.2) is 0 Å². The van der Waals surface area contributed by atoms with E-state index in [9.17, 15) is 0 Å². The van der Waals surface area contributed by atoms with E-state index < -0.39 is 0 Å². The zero-order valence-electron chi connectivity index (χ0n) is 11.5. The third kappa shape index (κ3) is 5.86. The molecule has 16 heavy (non-hydrogen) atoms. The minimum Gasteiger partial charge on any atom is -0.314 e. The first-order valence-electron chi connectivity index (χ1n) is 7.25. The lowest BCUT2D eigenvalue weighted by molar-refractivity contribution is 0.264. The predicted octanol–water partition coefficient (Wildman–Crippen LogP) is 2.89. The van der Waals surface area contributed by atoms with Crippen LogP contribution in [0.2, 0.25) is 0 Å². The molecule has 1 unspecified atom stereocenters. The molecule has 2 nitrogen and oxygen atoms in total. The second kappa shape index (κ2) is 8.08. The Balaban J connectivity index is 2.05. The van der Waals surface area contributed by atoms with Gasteiger partial charge in [0, 0.05) is 12.6 Å². The third-order valence-electron chi connectivity index (χ3n) is 3.67. The first-order chi connectivity index (χ1) is 7.80. The summed E-state index contributed by atoms with van der Waals surface area (Å²) in [5.41, 5.74) is 0. The molecule has 0 bridgehead atoms. The average Bonchev–Trinajstić information content (AvgIpc) is 3.10. The van der Waals surface area contributed by atoms with Crippen molar-refractivity contribution in [3.8, 4) is 0 Å². The Kier molecular flexibility index (Phi) is 7.06. The van der Waals surface area contributed by atoms with Crippen molar-refractivity contribution < 1.29 is 0 Å². The van der Waals surface area contributed by atoms with E-state index in [2.05, 4.69) is 31.0 Å². The quantitative estimate of drug-likeness (QED) is 0.616. The monoisotopic (exact) mass is 226 g/mol. The van der Waals surface area contributed by atoms with Crippen molar-refractivity contribution in [2.75, 3.05) is 26.2 Å². The van der Waals surface area contributed by atoms with Gasteiger partial charge in [-0.2, -0.15) is 0 Å². The molecule has 0 saturated heterocycles. The zero-order chi connectivity index (χ0) is 11.8. The Morgan fingerprint density at radius 3 is 2.50 bits per heavy atom. The van der Waals surface area contributed by atoms with Crippen molar-refractivity contribution in [1.82, 2.24) is 10.2 Å². The highest BCUT2D eigenvalue weighted by molar-refractivity contribution is 4.77. The smallest absolute Gasteiger partial charge is 0.00647 e. The summed E-state index contributed by atoms with van der Waals surface area (Å²) in [6.45, 7) is 11.8. The third-order valence-corrected chi connectivity index (χ3v) is 3.67. The molecule has 1 aliphatic rings. The number of hydrogen-bond acceptors (Lipinski definition) is 2. The van der Waals surface area contributed by atoms with E-state index in [1.165, 1.54) is 51.7 Å². The fourth-order valence-electron chi connectivity index (χ4n) is 2.34. The maximum Gasteiger partial charge on any atom is 0.00647 e. The molecule has 1 atom stereocenters. The molecule has 0 aromatic heterocycles. The van der Waals surface area contributed by atoms with Crippen molar-refractivity contribution in [1.29, 1.82) is 0 Å². The van der Waals surface area contributed by atoms with Crippen molar-refractivity contribution in [3.63, 3.8) is 0 Å². The van der Waals surface area contributed by atoms with Crippen molar-refractivity contribution in [2.24, 2.45) is 5.92 Å². The molecule has 96 valence electrons. The zero-order valence-corrected chi connectivity index (χ0v) is 11.5. The molecule has 0 radical (unpaired) electrons. The van der Waals surface area contributed by atoms with Crippen LogP contribution in [0.3, 0.4) is 0 Å². The Hall–Kier alpha value is -0.0800. The molecule has 0 aromatic rings. The van der Waals surface area contributed by atoms with E-state index >= 15 is 0 Å². The minimum atomic E-state index is 0.740. The lowest BCUT2D eigenvalue weighted by Gasteiger charge is -2.22. The molecule has 0 spiro atoms. The maximum atomic E-state index is 3.56. The molecule has 0 heterocycles. The van der Waals surface area contributed by atoms with E-state index in [0.29, 0.717) is 0 Å². The van der Waals surface area contributed by atoms with Gasteiger partial charge < -0.3 is 10.2 Å². The summed E-state index contributed by atoms with van der Waals surface area (Å²) in [7, 11) is 0. The molecule has 0 amide bonds. The van der Waals surface area contributed by atoms with E-state index in [1.54, 1.807) is 0 Å². The van der Waals surface area contributed by atoms with Gasteiger partial charge in [-0.3, -0.25) is 0 Å². The summed E-state index contributed by atoms with van der Waals surface area (Å²) < 4.78 is 0. The Morgan fingerprint density at radius 1 is 1.25 bits per heavy atom. The highest BCUT2D eigenvalue weighted by Gasteiger charge is 2.23. The van der Waals surface area contributed by atoms with Crippen molar-refractivity contribution in [3.05, 3.63) is 0 Å². The lowest BCUT2D eigenvalue weighted by Crippen LogP contribution is -2.31. The van der Waals surface area contributed by atoms with Crippen LogP contribution in [0.25, 0.3) is 0 Å². The van der Waals surface area contributed by atoms with Crippen LogP contribution in [0.15, 0.2) is 0 Å². The molecule has 2 heteroatoms. The summed E-state index contributed by atoms with van der Waals surface area (Å²) in [5, 5.41) is 3.56. The molecule has 0 aromatic carbocycles. The van der Waals surface area contributed by atoms with Gasteiger partial charge in [-0.15, -0.1) is 0 Å². The molecule has 1 fully saturated rings. The molecular weight excluding hydrogens is 196 g/mol. The van der Waals surface area contributed by atoms with Gasteiger partial charge in [0.1, 0.15) is 0 Å². The van der Waals surface area contributed by atoms with Gasteiger partial charge >= 0.3 is 0 Å². The second-order valence-corrected chi connectivity index (χ2v) is 5.14. The van der Waals surface area contributed by atoms with Crippen LogP contribution in [0.1, 0.15) is 52.9 Å². The van der Waals surface area contributed by atoms with Crippen LogP contribution < -0.4 is 5.32 Å². The van der Waals surface area contributed by atoms with Crippen LogP contribution >= 0.6 is 0 Å². The van der Waals surface area contributed by atoms with E-state index in [1.807, 2.05) is 0 Å². The summed E-state index contributed by atoms with van der Waals surface area (Å²) in [5.74, 6) is 1.04. The maximum absolute atomic E-state index is 3.56. The molecule has 1 rings (SSSR count). The Labute approximate surface area is 102 Å². The first-order valence-corrected chi connectivity index (χ1v) is 7.25. The summed E-state index contributed by atoms with van der Waals surface area (Å²) in [6, 6.07) is 0.740. The summed E-state index contributed by atoms with van der Waals surface area (Å²) in [4.78, 5) is 2.64. The van der Waals surface area contributed by atoms with Gasteiger partial charge in [0.15, 0.2) is 0 Å². The molecule has 1 aliphatic carbocycles. The van der Waals surface area contributed by atoms with Gasteiger partial charge in [-0.05, 0) is 57.7 Å². The van der Waals surface area contributed by atoms with Gasteiger partial charge in [0.2, 0.25) is 0 Å². The highest BCUT2D eigenvalue weighted by Crippen LogP contribution is 2.29. The number of nitrogens with zero attached hydrogens (tertiary/aromatic N) is 1. The number of nitrogens with one attached hydrogen (secondary N) is 1. The standard InChI is InChI=1S/C14H30N2/c1-4-14(15-5-2)8-7-11-16(6-3)12-13-9-10-13/h13-15H,4-12H2,1-3H3. The molecule has 1 saturated carbocycles. The van der Waals surface area contributed by atoms with Gasteiger partial charge in [0.05, 0.1) is 0 Å².